The van der Waals surface area contributed by atoms with E-state index >= 15 is 0 Å². The minimum absolute atomic E-state index is 0.720. The second-order valence-corrected chi connectivity index (χ2v) is 6.05. The van der Waals surface area contributed by atoms with Gasteiger partial charge in [0.2, 0.25) is 0 Å². The second-order valence-electron chi connectivity index (χ2n) is 4.76. The Kier molecular flexibility index (Phi) is 4.58. The van der Waals surface area contributed by atoms with Crippen molar-refractivity contribution in [1.82, 2.24) is 15.6 Å². The molecule has 5 heteroatoms. The summed E-state index contributed by atoms with van der Waals surface area (Å²) in [5.74, 6) is 1.79. The van der Waals surface area contributed by atoms with Crippen LogP contribution in [-0.4, -0.2) is 24.0 Å². The van der Waals surface area contributed by atoms with Crippen LogP contribution in [-0.2, 0) is 6.54 Å². The Hall–Kier alpha value is -1.10. The molecule has 0 unspecified atom stereocenters. The molecule has 0 radical (unpaired) electrons. The fraction of sp³-hybridized carbons (Fsp3) is 0.692. The molecule has 0 aromatic carbocycles. The first-order valence-electron chi connectivity index (χ1n) is 6.64. The molecule has 1 fully saturated rings. The fourth-order valence-electron chi connectivity index (χ4n) is 1.78. The van der Waals surface area contributed by atoms with Crippen LogP contribution < -0.4 is 10.6 Å². The lowest BCUT2D eigenvalue weighted by atomic mass is 10.4. The van der Waals surface area contributed by atoms with Gasteiger partial charge in [0.1, 0.15) is 0 Å². The Morgan fingerprint density at radius 2 is 2.17 bits per heavy atom. The highest BCUT2D eigenvalue weighted by Crippen LogP contribution is 2.27. The SMILES string of the molecule is CCNC(=NCc1sc(C)nc1C)NCC1CC1. The van der Waals surface area contributed by atoms with Crippen molar-refractivity contribution in [2.75, 3.05) is 13.1 Å². The number of nitrogens with zero attached hydrogens (tertiary/aromatic N) is 2. The van der Waals surface area contributed by atoms with E-state index in [1.54, 1.807) is 11.3 Å². The van der Waals surface area contributed by atoms with Gasteiger partial charge in [-0.2, -0.15) is 0 Å². The summed E-state index contributed by atoms with van der Waals surface area (Å²) in [6.07, 6.45) is 2.72. The Labute approximate surface area is 113 Å². The van der Waals surface area contributed by atoms with Crippen LogP contribution in [0.25, 0.3) is 0 Å². The van der Waals surface area contributed by atoms with Gasteiger partial charge < -0.3 is 10.6 Å². The van der Waals surface area contributed by atoms with Gasteiger partial charge in [-0.1, -0.05) is 0 Å². The van der Waals surface area contributed by atoms with Gasteiger partial charge >= 0.3 is 0 Å². The topological polar surface area (TPSA) is 49.3 Å². The van der Waals surface area contributed by atoms with Crippen molar-refractivity contribution < 1.29 is 0 Å². The zero-order valence-corrected chi connectivity index (χ0v) is 12.2. The van der Waals surface area contributed by atoms with Crippen molar-refractivity contribution >= 4 is 17.3 Å². The molecular formula is C13H22N4S. The number of rotatable bonds is 5. The van der Waals surface area contributed by atoms with Gasteiger partial charge in [0.25, 0.3) is 0 Å². The van der Waals surface area contributed by atoms with Crippen molar-refractivity contribution in [3.8, 4) is 0 Å². The quantitative estimate of drug-likeness (QED) is 0.634. The smallest absolute Gasteiger partial charge is 0.191 e. The third-order valence-electron chi connectivity index (χ3n) is 2.98. The number of aryl methyl sites for hydroxylation is 2. The largest absolute Gasteiger partial charge is 0.357 e. The highest BCUT2D eigenvalue weighted by atomic mass is 32.1. The predicted molar refractivity (Wildman–Crippen MR) is 77.1 cm³/mol. The van der Waals surface area contributed by atoms with E-state index in [0.29, 0.717) is 0 Å². The van der Waals surface area contributed by atoms with E-state index in [0.717, 1.165) is 42.2 Å². The highest BCUT2D eigenvalue weighted by Gasteiger charge is 2.21. The van der Waals surface area contributed by atoms with Gasteiger partial charge in [-0.15, -0.1) is 11.3 Å². The Bertz CT molecular complexity index is 421. The molecule has 18 heavy (non-hydrogen) atoms. The minimum Gasteiger partial charge on any atom is -0.357 e. The summed E-state index contributed by atoms with van der Waals surface area (Å²) < 4.78 is 0. The highest BCUT2D eigenvalue weighted by molar-refractivity contribution is 7.11. The molecule has 1 aliphatic carbocycles. The van der Waals surface area contributed by atoms with Crippen LogP contribution in [0.1, 0.15) is 35.3 Å². The van der Waals surface area contributed by atoms with E-state index in [2.05, 4.69) is 34.5 Å². The molecule has 0 spiro atoms. The standard InChI is InChI=1S/C13H22N4S/c1-4-14-13(15-7-11-5-6-11)16-8-12-9(2)17-10(3)18-12/h11H,4-8H2,1-3H3,(H2,14,15,16). The van der Waals surface area contributed by atoms with Crippen LogP contribution in [0.5, 0.6) is 0 Å². The average Bonchev–Trinajstić information content (AvgIpc) is 3.09. The van der Waals surface area contributed by atoms with Crippen molar-refractivity contribution in [3.63, 3.8) is 0 Å². The molecular weight excluding hydrogens is 244 g/mol. The molecule has 0 amide bonds. The summed E-state index contributed by atoms with van der Waals surface area (Å²) >= 11 is 1.74. The maximum absolute atomic E-state index is 4.62. The Morgan fingerprint density at radius 1 is 1.39 bits per heavy atom. The number of aliphatic imine (C=N–C) groups is 1. The van der Waals surface area contributed by atoms with Gasteiger partial charge in [0, 0.05) is 18.0 Å². The summed E-state index contributed by atoms with van der Waals surface area (Å²) in [7, 11) is 0. The molecule has 0 bridgehead atoms. The van der Waals surface area contributed by atoms with E-state index in [1.165, 1.54) is 17.7 Å². The summed E-state index contributed by atoms with van der Waals surface area (Å²) in [5.41, 5.74) is 1.11. The van der Waals surface area contributed by atoms with Gasteiger partial charge in [0.15, 0.2) is 5.96 Å². The third-order valence-corrected chi connectivity index (χ3v) is 4.04. The Morgan fingerprint density at radius 3 is 2.72 bits per heavy atom. The van der Waals surface area contributed by atoms with Crippen molar-refractivity contribution in [1.29, 1.82) is 0 Å². The zero-order valence-electron chi connectivity index (χ0n) is 11.4. The van der Waals surface area contributed by atoms with Gasteiger partial charge in [-0.3, -0.25) is 0 Å². The summed E-state index contributed by atoms with van der Waals surface area (Å²) in [6.45, 7) is 8.86. The molecule has 1 aromatic heterocycles. The molecule has 100 valence electrons. The average molecular weight is 266 g/mol. The number of hydrogen-bond acceptors (Lipinski definition) is 3. The van der Waals surface area contributed by atoms with Gasteiger partial charge in [-0.05, 0) is 39.5 Å². The van der Waals surface area contributed by atoms with E-state index in [4.69, 9.17) is 0 Å². The first-order valence-corrected chi connectivity index (χ1v) is 7.45. The van der Waals surface area contributed by atoms with Crippen LogP contribution in [0.4, 0.5) is 0 Å². The number of hydrogen-bond donors (Lipinski definition) is 2. The van der Waals surface area contributed by atoms with Gasteiger partial charge in [-0.25, -0.2) is 9.98 Å². The lowest BCUT2D eigenvalue weighted by Gasteiger charge is -2.10. The third kappa shape index (κ3) is 3.98. The molecule has 1 aliphatic rings. The first-order chi connectivity index (χ1) is 8.69. The Balaban J connectivity index is 1.91. The van der Waals surface area contributed by atoms with Crippen LogP contribution in [0, 0.1) is 19.8 Å². The molecule has 1 heterocycles. The lowest BCUT2D eigenvalue weighted by molar-refractivity contribution is 0.739. The van der Waals surface area contributed by atoms with Crippen LogP contribution in [0.3, 0.4) is 0 Å². The number of aromatic nitrogens is 1. The molecule has 0 atom stereocenters. The molecule has 2 rings (SSSR count). The maximum atomic E-state index is 4.62. The van der Waals surface area contributed by atoms with Crippen LogP contribution in [0.2, 0.25) is 0 Å². The molecule has 1 saturated carbocycles. The van der Waals surface area contributed by atoms with Crippen molar-refractivity contribution in [3.05, 3.63) is 15.6 Å². The lowest BCUT2D eigenvalue weighted by Crippen LogP contribution is -2.38. The van der Waals surface area contributed by atoms with Gasteiger partial charge in [0.05, 0.1) is 17.2 Å². The molecule has 1 aromatic rings. The van der Waals surface area contributed by atoms with E-state index in [-0.39, 0.29) is 0 Å². The monoisotopic (exact) mass is 266 g/mol. The number of guanidine groups is 1. The fourth-order valence-corrected chi connectivity index (χ4v) is 2.64. The maximum Gasteiger partial charge on any atom is 0.191 e. The van der Waals surface area contributed by atoms with Crippen LogP contribution >= 0.6 is 11.3 Å². The molecule has 4 nitrogen and oxygen atoms in total. The predicted octanol–water partition coefficient (Wildman–Crippen LogP) is 2.23. The van der Waals surface area contributed by atoms with E-state index in [9.17, 15) is 0 Å². The van der Waals surface area contributed by atoms with Crippen LogP contribution in [0.15, 0.2) is 4.99 Å². The summed E-state index contributed by atoms with van der Waals surface area (Å²) in [5, 5.41) is 7.81. The summed E-state index contributed by atoms with van der Waals surface area (Å²) in [4.78, 5) is 10.3. The van der Waals surface area contributed by atoms with E-state index < -0.39 is 0 Å². The van der Waals surface area contributed by atoms with Crippen molar-refractivity contribution in [2.45, 2.75) is 40.2 Å². The molecule has 2 N–H and O–H groups in total. The number of thiazole rings is 1. The summed E-state index contributed by atoms with van der Waals surface area (Å²) in [6, 6.07) is 0. The molecule has 0 aliphatic heterocycles. The zero-order chi connectivity index (χ0) is 13.0. The van der Waals surface area contributed by atoms with E-state index in [1.807, 2.05) is 6.92 Å². The number of nitrogens with one attached hydrogen (secondary N) is 2. The second kappa shape index (κ2) is 6.18. The molecule has 0 saturated heterocycles. The van der Waals surface area contributed by atoms with Crippen molar-refractivity contribution in [2.24, 2.45) is 10.9 Å². The first kappa shape index (κ1) is 13.3. The minimum atomic E-state index is 0.720. The normalized spacial score (nSPS) is 15.8.